The lowest BCUT2D eigenvalue weighted by atomic mass is 10.0. The number of nitrogens with one attached hydrogen (secondary N) is 1. The van der Waals surface area contributed by atoms with Crippen molar-refractivity contribution in [2.45, 2.75) is 51.0 Å². The van der Waals surface area contributed by atoms with Gasteiger partial charge in [0.25, 0.3) is 0 Å². The van der Waals surface area contributed by atoms with E-state index in [1.165, 1.54) is 15.7 Å². The molecular formula is C23H32N4O3S. The fraction of sp³-hybridized carbons (Fsp3) is 0.522. The zero-order chi connectivity index (χ0) is 22.6. The zero-order valence-corrected chi connectivity index (χ0v) is 19.8. The van der Waals surface area contributed by atoms with Gasteiger partial charge in [0.05, 0.1) is 5.69 Å². The van der Waals surface area contributed by atoms with Crippen molar-refractivity contribution in [1.82, 2.24) is 19.5 Å². The Morgan fingerprint density at radius 1 is 1.13 bits per heavy atom. The van der Waals surface area contributed by atoms with E-state index in [4.69, 9.17) is 4.74 Å². The summed E-state index contributed by atoms with van der Waals surface area (Å²) in [5, 5.41) is 4.96. The van der Waals surface area contributed by atoms with Crippen molar-refractivity contribution in [2.75, 3.05) is 32.7 Å². The van der Waals surface area contributed by atoms with Gasteiger partial charge in [0, 0.05) is 42.7 Å². The molecule has 3 rings (SSSR count). The summed E-state index contributed by atoms with van der Waals surface area (Å²) in [7, 11) is 0. The number of piperazine rings is 1. The van der Waals surface area contributed by atoms with E-state index in [-0.39, 0.29) is 12.5 Å². The Bertz CT molecular complexity index is 934. The van der Waals surface area contributed by atoms with Gasteiger partial charge in [-0.1, -0.05) is 26.0 Å². The third-order valence-electron chi connectivity index (χ3n) is 4.95. The average molecular weight is 445 g/mol. The van der Waals surface area contributed by atoms with Crippen LogP contribution in [-0.2, 0) is 9.53 Å². The molecule has 1 aromatic heterocycles. The van der Waals surface area contributed by atoms with Gasteiger partial charge in [0.15, 0.2) is 0 Å². The zero-order valence-electron chi connectivity index (χ0n) is 19.0. The predicted octanol–water partition coefficient (Wildman–Crippen LogP) is 4.03. The van der Waals surface area contributed by atoms with Crippen LogP contribution in [0.3, 0.4) is 0 Å². The lowest BCUT2D eigenvalue weighted by Gasteiger charge is -2.34. The molecule has 0 spiro atoms. The summed E-state index contributed by atoms with van der Waals surface area (Å²) in [6.07, 6.45) is 1.32. The van der Waals surface area contributed by atoms with Crippen LogP contribution in [0.25, 0.3) is 10.8 Å². The van der Waals surface area contributed by atoms with Crippen molar-refractivity contribution in [1.29, 1.82) is 0 Å². The smallest absolute Gasteiger partial charge is 0.408 e. The predicted molar refractivity (Wildman–Crippen MR) is 124 cm³/mol. The van der Waals surface area contributed by atoms with Crippen LogP contribution in [0, 0.1) is 0 Å². The number of carbonyl (C=O) groups excluding carboxylic acids is 2. The molecule has 2 amide bonds. The summed E-state index contributed by atoms with van der Waals surface area (Å²) in [6, 6.07) is 8.43. The lowest BCUT2D eigenvalue weighted by molar-refractivity contribution is -0.131. The number of alkyl carbamates (subject to hydrolysis) is 1. The number of carbonyl (C=O) groups is 2. The fourth-order valence-corrected chi connectivity index (χ4v) is 4.52. The van der Waals surface area contributed by atoms with Crippen LogP contribution >= 0.6 is 11.9 Å². The minimum atomic E-state index is -0.580. The second-order valence-corrected chi connectivity index (χ2v) is 10.1. The van der Waals surface area contributed by atoms with E-state index in [0.717, 1.165) is 18.8 Å². The Balaban J connectivity index is 1.54. The number of fused-ring (bicyclic) bond motifs is 1. The van der Waals surface area contributed by atoms with Crippen LogP contribution in [0.4, 0.5) is 4.79 Å². The molecule has 1 saturated heterocycles. The molecule has 0 unspecified atom stereocenters. The quantitative estimate of drug-likeness (QED) is 0.702. The van der Waals surface area contributed by atoms with Crippen molar-refractivity contribution >= 4 is 34.7 Å². The van der Waals surface area contributed by atoms with Crippen LogP contribution < -0.4 is 5.32 Å². The summed E-state index contributed by atoms with van der Waals surface area (Å²) in [5.74, 6) is 0.279. The van der Waals surface area contributed by atoms with Crippen LogP contribution in [0.2, 0.25) is 0 Å². The number of benzene rings is 1. The molecule has 8 heteroatoms. The van der Waals surface area contributed by atoms with Gasteiger partial charge in [-0.05, 0) is 56.2 Å². The van der Waals surface area contributed by atoms with Crippen LogP contribution in [-0.4, -0.2) is 64.5 Å². The minimum absolute atomic E-state index is 0.0453. The number of hydrogen-bond acceptors (Lipinski definition) is 6. The molecule has 0 saturated carbocycles. The molecule has 0 aliphatic carbocycles. The Morgan fingerprint density at radius 3 is 2.48 bits per heavy atom. The summed E-state index contributed by atoms with van der Waals surface area (Å²) >= 11 is 1.73. The van der Waals surface area contributed by atoms with Gasteiger partial charge < -0.3 is 15.0 Å². The number of hydrogen-bond donors (Lipinski definition) is 1. The van der Waals surface area contributed by atoms with Crippen molar-refractivity contribution < 1.29 is 14.3 Å². The van der Waals surface area contributed by atoms with E-state index in [2.05, 4.69) is 52.7 Å². The van der Waals surface area contributed by atoms with E-state index >= 15 is 0 Å². The van der Waals surface area contributed by atoms with Gasteiger partial charge in [-0.3, -0.25) is 9.78 Å². The van der Waals surface area contributed by atoms with E-state index < -0.39 is 11.7 Å². The first-order valence-electron chi connectivity index (χ1n) is 10.7. The molecule has 168 valence electrons. The number of amides is 2. The number of rotatable bonds is 5. The first-order valence-corrected chi connectivity index (χ1v) is 11.5. The molecule has 0 radical (unpaired) electrons. The maximum absolute atomic E-state index is 12.4. The van der Waals surface area contributed by atoms with E-state index in [0.29, 0.717) is 19.0 Å². The molecule has 2 heterocycles. The van der Waals surface area contributed by atoms with Crippen LogP contribution in [0.15, 0.2) is 35.4 Å². The maximum atomic E-state index is 12.4. The Kier molecular flexibility index (Phi) is 7.43. The summed E-state index contributed by atoms with van der Waals surface area (Å²) in [6.45, 7) is 12.4. The third-order valence-corrected chi connectivity index (χ3v) is 6.12. The van der Waals surface area contributed by atoms with E-state index in [9.17, 15) is 9.59 Å². The molecular weight excluding hydrogens is 412 g/mol. The lowest BCUT2D eigenvalue weighted by Crippen LogP contribution is -2.49. The maximum Gasteiger partial charge on any atom is 0.408 e. The minimum Gasteiger partial charge on any atom is -0.444 e. The summed E-state index contributed by atoms with van der Waals surface area (Å²) < 4.78 is 7.47. The molecule has 1 fully saturated rings. The number of pyridine rings is 1. The Labute approximate surface area is 188 Å². The normalized spacial score (nSPS) is 15.4. The first kappa shape index (κ1) is 23.3. The topological polar surface area (TPSA) is 74.8 Å². The molecule has 1 aliphatic heterocycles. The van der Waals surface area contributed by atoms with E-state index in [1.807, 2.05) is 6.20 Å². The Morgan fingerprint density at radius 2 is 1.84 bits per heavy atom. The molecule has 2 aromatic rings. The molecule has 1 aliphatic rings. The fourth-order valence-electron chi connectivity index (χ4n) is 3.48. The molecule has 31 heavy (non-hydrogen) atoms. The summed E-state index contributed by atoms with van der Waals surface area (Å²) in [4.78, 5) is 31.7. The van der Waals surface area contributed by atoms with Crippen molar-refractivity contribution in [3.8, 4) is 0 Å². The molecule has 7 nitrogen and oxygen atoms in total. The molecule has 0 bridgehead atoms. The van der Waals surface area contributed by atoms with Crippen molar-refractivity contribution in [3.05, 3.63) is 36.2 Å². The average Bonchev–Trinajstić information content (AvgIpc) is 2.71. The monoisotopic (exact) mass is 444 g/mol. The largest absolute Gasteiger partial charge is 0.444 e. The van der Waals surface area contributed by atoms with Gasteiger partial charge in [-0.25, -0.2) is 9.10 Å². The van der Waals surface area contributed by atoms with Gasteiger partial charge >= 0.3 is 6.09 Å². The highest BCUT2D eigenvalue weighted by Gasteiger charge is 2.23. The van der Waals surface area contributed by atoms with Crippen molar-refractivity contribution in [2.24, 2.45) is 0 Å². The molecule has 0 atom stereocenters. The second-order valence-electron chi connectivity index (χ2n) is 8.96. The second kappa shape index (κ2) is 9.87. The van der Waals surface area contributed by atoms with Gasteiger partial charge in [-0.2, -0.15) is 0 Å². The van der Waals surface area contributed by atoms with Gasteiger partial charge in [-0.15, -0.1) is 0 Å². The van der Waals surface area contributed by atoms with Gasteiger partial charge in [0.1, 0.15) is 12.1 Å². The van der Waals surface area contributed by atoms with Gasteiger partial charge in [0.2, 0.25) is 5.91 Å². The highest BCUT2D eigenvalue weighted by molar-refractivity contribution is 7.97. The standard InChI is InChI=1S/C23H32N4O3S/c1-16(2)21-18-7-6-8-19(17(18)9-10-24-21)31-27-13-11-26(12-14-27)20(28)15-25-22(29)30-23(3,4)5/h6-10,16H,11-15H2,1-5H3,(H,25,29). The SMILES string of the molecule is CC(C)c1nccc2c(SN3CCN(C(=O)CNC(=O)OC(C)(C)C)CC3)cccc12. The van der Waals surface area contributed by atoms with Crippen LogP contribution in [0.1, 0.15) is 46.2 Å². The highest BCUT2D eigenvalue weighted by atomic mass is 32.2. The third kappa shape index (κ3) is 6.33. The highest BCUT2D eigenvalue weighted by Crippen LogP contribution is 2.33. The van der Waals surface area contributed by atoms with E-state index in [1.54, 1.807) is 37.6 Å². The van der Waals surface area contributed by atoms with Crippen LogP contribution in [0.5, 0.6) is 0 Å². The number of ether oxygens (including phenoxy) is 1. The molecule has 1 N–H and O–H groups in total. The molecule has 1 aromatic carbocycles. The Hall–Kier alpha value is -2.32. The number of aromatic nitrogens is 1. The summed E-state index contributed by atoms with van der Waals surface area (Å²) in [5.41, 5.74) is 0.539. The first-order chi connectivity index (χ1) is 14.6. The van der Waals surface area contributed by atoms with Crippen molar-refractivity contribution in [3.63, 3.8) is 0 Å². The number of nitrogens with zero attached hydrogens (tertiary/aromatic N) is 3.